The minimum atomic E-state index is 0.234. The Balaban J connectivity index is 4.29. The van der Waals surface area contributed by atoms with Gasteiger partial charge in [-0.2, -0.15) is 0 Å². The summed E-state index contributed by atoms with van der Waals surface area (Å²) in [5.74, 6) is 0. The van der Waals surface area contributed by atoms with E-state index in [1.54, 1.807) is 0 Å². The molecule has 1 nitrogen and oxygen atoms in total. The minimum Gasteiger partial charge on any atom is -0.295 e. The van der Waals surface area contributed by atoms with Crippen LogP contribution in [0, 0.1) is 0 Å². The van der Waals surface area contributed by atoms with Gasteiger partial charge in [0.15, 0.2) is 0 Å². The smallest absolute Gasteiger partial charge is 0.0278 e. The topological polar surface area (TPSA) is 3.24 Å². The van der Waals surface area contributed by atoms with E-state index in [1.165, 1.54) is 5.57 Å². The molecule has 0 saturated heterocycles. The van der Waals surface area contributed by atoms with E-state index in [4.69, 9.17) is 0 Å². The first-order chi connectivity index (χ1) is 5.30. The van der Waals surface area contributed by atoms with Crippen LogP contribution in [0.5, 0.6) is 0 Å². The van der Waals surface area contributed by atoms with Crippen molar-refractivity contribution in [2.75, 3.05) is 7.05 Å². The van der Waals surface area contributed by atoms with E-state index in [-0.39, 0.29) is 5.54 Å². The van der Waals surface area contributed by atoms with Gasteiger partial charge in [0, 0.05) is 11.6 Å². The van der Waals surface area contributed by atoms with E-state index >= 15 is 0 Å². The number of likely N-dealkylation sites (N-methyl/N-ethyl adjacent to an activating group) is 1. The van der Waals surface area contributed by atoms with Gasteiger partial charge in [-0.05, 0) is 41.2 Å². The van der Waals surface area contributed by atoms with Crippen LogP contribution in [-0.2, 0) is 0 Å². The van der Waals surface area contributed by atoms with Gasteiger partial charge < -0.3 is 0 Å². The van der Waals surface area contributed by atoms with Crippen LogP contribution < -0.4 is 0 Å². The van der Waals surface area contributed by atoms with Crippen LogP contribution in [0.1, 0.15) is 41.0 Å². The maximum atomic E-state index is 4.07. The first-order valence-corrected chi connectivity index (χ1v) is 4.71. The predicted molar refractivity (Wildman–Crippen MR) is 56.4 cm³/mol. The molecule has 12 heavy (non-hydrogen) atoms. The van der Waals surface area contributed by atoms with Crippen LogP contribution >= 0.6 is 0 Å². The fourth-order valence-corrected chi connectivity index (χ4v) is 1.15. The average Bonchev–Trinajstić information content (AvgIpc) is 1.98. The molecule has 0 saturated carbocycles. The van der Waals surface area contributed by atoms with E-state index in [2.05, 4.69) is 53.1 Å². The van der Waals surface area contributed by atoms with E-state index in [0.29, 0.717) is 6.04 Å². The van der Waals surface area contributed by atoms with Gasteiger partial charge in [0.2, 0.25) is 0 Å². The third-order valence-electron chi connectivity index (χ3n) is 2.68. The monoisotopic (exact) mass is 169 g/mol. The van der Waals surface area contributed by atoms with Gasteiger partial charge in [0.25, 0.3) is 0 Å². The number of hydrogen-bond donors (Lipinski definition) is 0. The highest BCUT2D eigenvalue weighted by Gasteiger charge is 2.22. The number of rotatable bonds is 3. The average molecular weight is 169 g/mol. The fourth-order valence-electron chi connectivity index (χ4n) is 1.15. The first kappa shape index (κ1) is 11.7. The standard InChI is InChI=1S/C11H23N/c1-8-9(2)10(3)12(7)11(4,5)6/h10H,2,8H2,1,3-7H3. The minimum absolute atomic E-state index is 0.234. The summed E-state index contributed by atoms with van der Waals surface area (Å²) < 4.78 is 0. The summed E-state index contributed by atoms with van der Waals surface area (Å²) in [4.78, 5) is 2.36. The molecule has 0 aliphatic rings. The van der Waals surface area contributed by atoms with Crippen molar-refractivity contribution in [1.82, 2.24) is 4.90 Å². The second kappa shape index (κ2) is 4.08. The maximum absolute atomic E-state index is 4.07. The summed E-state index contributed by atoms with van der Waals surface area (Å²) in [6.07, 6.45) is 1.07. The molecule has 0 aromatic heterocycles. The summed E-state index contributed by atoms with van der Waals surface area (Å²) >= 11 is 0. The van der Waals surface area contributed by atoms with Gasteiger partial charge in [-0.1, -0.05) is 19.1 Å². The Bertz CT molecular complexity index is 153. The van der Waals surface area contributed by atoms with E-state index in [0.717, 1.165) is 6.42 Å². The second-order valence-corrected chi connectivity index (χ2v) is 4.47. The number of hydrogen-bond acceptors (Lipinski definition) is 1. The lowest BCUT2D eigenvalue weighted by molar-refractivity contribution is 0.143. The summed E-state index contributed by atoms with van der Waals surface area (Å²) in [5, 5.41) is 0. The van der Waals surface area contributed by atoms with Crippen LogP contribution in [0.25, 0.3) is 0 Å². The molecular weight excluding hydrogens is 146 g/mol. The molecule has 0 fully saturated rings. The Kier molecular flexibility index (Phi) is 3.98. The second-order valence-electron chi connectivity index (χ2n) is 4.47. The molecule has 0 heterocycles. The lowest BCUT2D eigenvalue weighted by Gasteiger charge is -2.37. The molecule has 1 heteroatoms. The van der Waals surface area contributed by atoms with Crippen molar-refractivity contribution < 1.29 is 0 Å². The Morgan fingerprint density at radius 3 is 2.08 bits per heavy atom. The normalized spacial score (nSPS) is 14.9. The summed E-state index contributed by atoms with van der Waals surface area (Å²) in [7, 11) is 2.16. The Labute approximate surface area is 77.5 Å². The molecule has 0 radical (unpaired) electrons. The van der Waals surface area contributed by atoms with Gasteiger partial charge in [-0.25, -0.2) is 0 Å². The molecule has 0 aliphatic heterocycles. The molecule has 0 amide bonds. The molecule has 0 rings (SSSR count). The van der Waals surface area contributed by atoms with Gasteiger partial charge >= 0.3 is 0 Å². The zero-order valence-electron chi connectivity index (χ0n) is 9.44. The lowest BCUT2D eigenvalue weighted by atomic mass is 10.00. The maximum Gasteiger partial charge on any atom is 0.0278 e. The van der Waals surface area contributed by atoms with E-state index in [1.807, 2.05) is 0 Å². The third kappa shape index (κ3) is 2.98. The molecular formula is C11H23N. The van der Waals surface area contributed by atoms with Crippen molar-refractivity contribution in [3.63, 3.8) is 0 Å². The number of nitrogens with zero attached hydrogens (tertiary/aromatic N) is 1. The van der Waals surface area contributed by atoms with Crippen LogP contribution in [-0.4, -0.2) is 23.5 Å². The van der Waals surface area contributed by atoms with Crippen LogP contribution in [0.3, 0.4) is 0 Å². The molecule has 1 atom stereocenters. The van der Waals surface area contributed by atoms with Crippen molar-refractivity contribution in [3.05, 3.63) is 12.2 Å². The SMILES string of the molecule is C=C(CC)C(C)N(C)C(C)(C)C. The van der Waals surface area contributed by atoms with Gasteiger partial charge in [-0.15, -0.1) is 0 Å². The summed E-state index contributed by atoms with van der Waals surface area (Å²) in [6, 6.07) is 0.481. The Morgan fingerprint density at radius 1 is 1.42 bits per heavy atom. The zero-order valence-corrected chi connectivity index (χ0v) is 9.44. The Morgan fingerprint density at radius 2 is 1.83 bits per heavy atom. The van der Waals surface area contributed by atoms with Crippen molar-refractivity contribution in [2.45, 2.75) is 52.6 Å². The van der Waals surface area contributed by atoms with E-state index < -0.39 is 0 Å². The van der Waals surface area contributed by atoms with Gasteiger partial charge in [-0.3, -0.25) is 4.90 Å². The molecule has 0 aromatic carbocycles. The largest absolute Gasteiger partial charge is 0.295 e. The van der Waals surface area contributed by atoms with Crippen LogP contribution in [0.15, 0.2) is 12.2 Å². The van der Waals surface area contributed by atoms with E-state index in [9.17, 15) is 0 Å². The van der Waals surface area contributed by atoms with Crippen LogP contribution in [0.2, 0.25) is 0 Å². The molecule has 0 spiro atoms. The van der Waals surface area contributed by atoms with Crippen molar-refractivity contribution in [2.24, 2.45) is 0 Å². The highest BCUT2D eigenvalue weighted by atomic mass is 15.2. The Hall–Kier alpha value is -0.300. The summed E-state index contributed by atoms with van der Waals surface area (Å²) in [6.45, 7) is 15.1. The third-order valence-corrected chi connectivity index (χ3v) is 2.68. The predicted octanol–water partition coefficient (Wildman–Crippen LogP) is 3.07. The quantitative estimate of drug-likeness (QED) is 0.587. The van der Waals surface area contributed by atoms with Crippen molar-refractivity contribution in [3.8, 4) is 0 Å². The molecule has 0 aliphatic carbocycles. The highest BCUT2D eigenvalue weighted by Crippen LogP contribution is 2.19. The summed E-state index contributed by atoms with van der Waals surface area (Å²) in [5.41, 5.74) is 1.55. The van der Waals surface area contributed by atoms with Gasteiger partial charge in [0.05, 0.1) is 0 Å². The fraction of sp³-hybridized carbons (Fsp3) is 0.818. The first-order valence-electron chi connectivity index (χ1n) is 4.71. The van der Waals surface area contributed by atoms with Crippen molar-refractivity contribution in [1.29, 1.82) is 0 Å². The lowest BCUT2D eigenvalue weighted by Crippen LogP contribution is -2.44. The highest BCUT2D eigenvalue weighted by molar-refractivity contribution is 5.04. The molecule has 72 valence electrons. The molecule has 1 unspecified atom stereocenters. The molecule has 0 N–H and O–H groups in total. The van der Waals surface area contributed by atoms with Crippen molar-refractivity contribution >= 4 is 0 Å². The van der Waals surface area contributed by atoms with Crippen LogP contribution in [0.4, 0.5) is 0 Å². The molecule has 0 aromatic rings. The van der Waals surface area contributed by atoms with Gasteiger partial charge in [0.1, 0.15) is 0 Å². The zero-order chi connectivity index (χ0) is 9.94. The molecule has 0 bridgehead atoms.